The van der Waals surface area contributed by atoms with E-state index in [9.17, 15) is 0 Å². The fourth-order valence-electron chi connectivity index (χ4n) is 2.21. The highest BCUT2D eigenvalue weighted by atomic mass is 16.5. The number of benzene rings is 1. The highest BCUT2D eigenvalue weighted by molar-refractivity contribution is 5.46. The summed E-state index contributed by atoms with van der Waals surface area (Å²) >= 11 is 0. The van der Waals surface area contributed by atoms with Gasteiger partial charge in [0.2, 0.25) is 0 Å². The second kappa shape index (κ2) is 24.4. The summed E-state index contributed by atoms with van der Waals surface area (Å²) in [5, 5.41) is 6.50. The molecule has 2 heterocycles. The van der Waals surface area contributed by atoms with Crippen LogP contribution < -0.4 is 15.5 Å². The molecule has 0 saturated carbocycles. The summed E-state index contributed by atoms with van der Waals surface area (Å²) in [7, 11) is 0. The van der Waals surface area contributed by atoms with Crippen LogP contribution in [0.25, 0.3) is 0 Å². The van der Waals surface area contributed by atoms with Crippen LogP contribution in [0.1, 0.15) is 34.6 Å². The quantitative estimate of drug-likeness (QED) is 0.744. The lowest BCUT2D eigenvalue weighted by molar-refractivity contribution is 0.109. The number of hydrogen-bond acceptors (Lipinski definition) is 4. The van der Waals surface area contributed by atoms with Crippen molar-refractivity contribution in [3.63, 3.8) is 0 Å². The Hall–Kier alpha value is -1.62. The first-order valence-electron chi connectivity index (χ1n) is 10.4. The zero-order valence-corrected chi connectivity index (χ0v) is 18.3. The number of allylic oxidation sites excluding steroid dienone is 3. The van der Waals surface area contributed by atoms with Gasteiger partial charge in [0.05, 0.1) is 13.2 Å². The monoisotopic (exact) mass is 377 g/mol. The maximum absolute atomic E-state index is 5.01. The van der Waals surface area contributed by atoms with E-state index in [2.05, 4.69) is 52.4 Å². The Kier molecular flexibility index (Phi) is 24.9. The van der Waals surface area contributed by atoms with E-state index in [0.717, 1.165) is 52.5 Å². The zero-order chi connectivity index (χ0) is 20.6. The maximum atomic E-state index is 5.01. The van der Waals surface area contributed by atoms with Crippen molar-refractivity contribution in [2.75, 3.05) is 57.4 Å². The predicted molar refractivity (Wildman–Crippen MR) is 123 cm³/mol. The van der Waals surface area contributed by atoms with Crippen LogP contribution in [-0.4, -0.2) is 52.5 Å². The minimum Gasteiger partial charge on any atom is -0.379 e. The van der Waals surface area contributed by atoms with Gasteiger partial charge in [-0.25, -0.2) is 0 Å². The summed E-state index contributed by atoms with van der Waals surface area (Å²) < 4.78 is 5.01. The molecule has 2 N–H and O–H groups in total. The van der Waals surface area contributed by atoms with Gasteiger partial charge in [-0.3, -0.25) is 0 Å². The molecule has 0 bridgehead atoms. The lowest BCUT2D eigenvalue weighted by Crippen LogP contribution is -2.43. The van der Waals surface area contributed by atoms with E-state index in [1.54, 1.807) is 6.08 Å². The SMILES string of the molecule is C1COCCN1.C=C/C=C\C.CC.CC.c1ccc(N2CCNCC2)cc1. The second-order valence-electron chi connectivity index (χ2n) is 5.20. The molecule has 0 radical (unpaired) electrons. The van der Waals surface area contributed by atoms with Crippen molar-refractivity contribution in [3.8, 4) is 0 Å². The maximum Gasteiger partial charge on any atom is 0.0591 e. The Morgan fingerprint density at radius 2 is 1.41 bits per heavy atom. The van der Waals surface area contributed by atoms with Crippen molar-refractivity contribution in [3.05, 3.63) is 55.1 Å². The highest BCUT2D eigenvalue weighted by Gasteiger charge is 2.08. The van der Waals surface area contributed by atoms with E-state index in [1.165, 1.54) is 5.69 Å². The number of nitrogens with zero attached hydrogens (tertiary/aromatic N) is 1. The second-order valence-corrected chi connectivity index (χ2v) is 5.20. The number of nitrogens with one attached hydrogen (secondary N) is 2. The van der Waals surface area contributed by atoms with Gasteiger partial charge in [-0.05, 0) is 19.1 Å². The molecule has 4 heteroatoms. The van der Waals surface area contributed by atoms with E-state index in [1.807, 2.05) is 46.8 Å². The van der Waals surface area contributed by atoms with Gasteiger partial charge in [-0.15, -0.1) is 0 Å². The Balaban J connectivity index is 0. The number of piperazine rings is 1. The van der Waals surface area contributed by atoms with E-state index in [-0.39, 0.29) is 0 Å². The predicted octanol–water partition coefficient (Wildman–Crippen LogP) is 4.50. The van der Waals surface area contributed by atoms with Gasteiger partial charge in [-0.2, -0.15) is 0 Å². The molecule has 0 amide bonds. The zero-order valence-electron chi connectivity index (χ0n) is 18.3. The highest BCUT2D eigenvalue weighted by Crippen LogP contribution is 2.12. The smallest absolute Gasteiger partial charge is 0.0591 e. The van der Waals surface area contributed by atoms with E-state index < -0.39 is 0 Å². The molecule has 2 aliphatic rings. The van der Waals surface area contributed by atoms with Crippen molar-refractivity contribution in [2.24, 2.45) is 0 Å². The Morgan fingerprint density at radius 3 is 1.74 bits per heavy atom. The molecule has 2 fully saturated rings. The van der Waals surface area contributed by atoms with Crippen LogP contribution >= 0.6 is 0 Å². The Bertz CT molecular complexity index is 399. The fraction of sp³-hybridized carbons (Fsp3) is 0.565. The number of morpholine rings is 1. The number of ether oxygens (including phenoxy) is 1. The number of para-hydroxylation sites is 1. The lowest BCUT2D eigenvalue weighted by Gasteiger charge is -2.29. The van der Waals surface area contributed by atoms with Crippen LogP contribution in [0.4, 0.5) is 5.69 Å². The number of rotatable bonds is 2. The minimum atomic E-state index is 0.889. The molecular weight excluding hydrogens is 334 g/mol. The first kappa shape index (κ1) is 27.6. The van der Waals surface area contributed by atoms with Crippen LogP contribution in [0, 0.1) is 0 Å². The van der Waals surface area contributed by atoms with Gasteiger partial charge in [0, 0.05) is 45.0 Å². The van der Waals surface area contributed by atoms with Crippen molar-refractivity contribution in [2.45, 2.75) is 34.6 Å². The van der Waals surface area contributed by atoms with Gasteiger partial charge in [-0.1, -0.05) is 70.7 Å². The summed E-state index contributed by atoms with van der Waals surface area (Å²) in [6.45, 7) is 21.7. The molecule has 3 rings (SSSR count). The minimum absolute atomic E-state index is 0.889. The average Bonchev–Trinajstić information content (AvgIpc) is 2.80. The first-order valence-corrected chi connectivity index (χ1v) is 10.4. The standard InChI is InChI=1S/C10H14N2.C5H8.C4H9NO.2C2H6/c1-2-4-10(5-3-1)12-8-6-11-7-9-12;1-3-5-4-2;1-3-6-4-2-5-1;2*1-2/h1-5,11H,6-9H2;3-5H,1H2,2H3;5H,1-4H2;2*1-2H3/b;5-4-;;;. The normalized spacial score (nSPS) is 15.4. The van der Waals surface area contributed by atoms with Gasteiger partial charge < -0.3 is 20.3 Å². The van der Waals surface area contributed by atoms with Gasteiger partial charge in [0.15, 0.2) is 0 Å². The topological polar surface area (TPSA) is 36.5 Å². The van der Waals surface area contributed by atoms with E-state index >= 15 is 0 Å². The molecule has 0 unspecified atom stereocenters. The third kappa shape index (κ3) is 17.5. The largest absolute Gasteiger partial charge is 0.379 e. The molecule has 0 aromatic heterocycles. The molecule has 0 atom stereocenters. The molecule has 27 heavy (non-hydrogen) atoms. The van der Waals surface area contributed by atoms with Crippen LogP contribution in [0.3, 0.4) is 0 Å². The molecule has 4 nitrogen and oxygen atoms in total. The fourth-order valence-corrected chi connectivity index (χ4v) is 2.21. The molecule has 2 saturated heterocycles. The van der Waals surface area contributed by atoms with E-state index in [4.69, 9.17) is 4.74 Å². The summed E-state index contributed by atoms with van der Waals surface area (Å²) in [6, 6.07) is 10.6. The molecule has 156 valence electrons. The van der Waals surface area contributed by atoms with Crippen molar-refractivity contribution < 1.29 is 4.74 Å². The third-order valence-electron chi connectivity index (χ3n) is 3.41. The van der Waals surface area contributed by atoms with Gasteiger partial charge >= 0.3 is 0 Å². The van der Waals surface area contributed by atoms with Crippen molar-refractivity contribution in [1.29, 1.82) is 0 Å². The molecule has 1 aromatic rings. The molecule has 0 spiro atoms. The Labute approximate surface area is 168 Å². The average molecular weight is 378 g/mol. The Morgan fingerprint density at radius 1 is 0.889 bits per heavy atom. The number of hydrogen-bond donors (Lipinski definition) is 2. The molecule has 0 aliphatic carbocycles. The van der Waals surface area contributed by atoms with Crippen molar-refractivity contribution in [1.82, 2.24) is 10.6 Å². The van der Waals surface area contributed by atoms with Gasteiger partial charge in [0.1, 0.15) is 0 Å². The van der Waals surface area contributed by atoms with Crippen molar-refractivity contribution >= 4 is 5.69 Å². The summed E-state index contributed by atoms with van der Waals surface area (Å²) in [5.74, 6) is 0. The van der Waals surface area contributed by atoms with Crippen LogP contribution in [0.2, 0.25) is 0 Å². The first-order chi connectivity index (χ1) is 13.4. The van der Waals surface area contributed by atoms with Gasteiger partial charge in [0.25, 0.3) is 0 Å². The van der Waals surface area contributed by atoms with Crippen LogP contribution in [-0.2, 0) is 4.74 Å². The molecule has 2 aliphatic heterocycles. The van der Waals surface area contributed by atoms with E-state index in [0.29, 0.717) is 0 Å². The molecule has 1 aromatic carbocycles. The third-order valence-corrected chi connectivity index (χ3v) is 3.41. The summed E-state index contributed by atoms with van der Waals surface area (Å²) in [5.41, 5.74) is 1.35. The summed E-state index contributed by atoms with van der Waals surface area (Å²) in [6.07, 6.45) is 5.58. The van der Waals surface area contributed by atoms with Crippen LogP contribution in [0.5, 0.6) is 0 Å². The number of anilines is 1. The summed E-state index contributed by atoms with van der Waals surface area (Å²) in [4.78, 5) is 2.41. The lowest BCUT2D eigenvalue weighted by atomic mass is 10.2. The van der Waals surface area contributed by atoms with Crippen LogP contribution in [0.15, 0.2) is 55.1 Å². The molecular formula is C23H43N3O.